The average molecular weight is 255 g/mol. The number of amides is 4. The topological polar surface area (TPSA) is 107 Å². The summed E-state index contributed by atoms with van der Waals surface area (Å²) in [5, 5.41) is 11.4. The largest absolute Gasteiger partial charge is 0.480 e. The van der Waals surface area contributed by atoms with Crippen LogP contribution in [0.15, 0.2) is 0 Å². The quantitative estimate of drug-likeness (QED) is 0.591. The lowest BCUT2D eigenvalue weighted by Crippen LogP contribution is -2.43. The Morgan fingerprint density at radius 2 is 2.06 bits per heavy atom. The Balaban J connectivity index is 2.18. The minimum atomic E-state index is -1.13. The second kappa shape index (κ2) is 4.28. The summed E-state index contributed by atoms with van der Waals surface area (Å²) in [4.78, 5) is 47.6. The zero-order chi connectivity index (χ0) is 13.4. The highest BCUT2D eigenvalue weighted by atomic mass is 16.4. The van der Waals surface area contributed by atoms with Gasteiger partial charge in [0.15, 0.2) is 0 Å². The first-order valence-corrected chi connectivity index (χ1v) is 5.51. The number of imide groups is 1. The number of nitrogens with zero attached hydrogens (tertiary/aromatic N) is 2. The van der Waals surface area contributed by atoms with Gasteiger partial charge >= 0.3 is 12.0 Å². The van der Waals surface area contributed by atoms with Crippen molar-refractivity contribution in [2.45, 2.75) is 25.4 Å². The van der Waals surface area contributed by atoms with Crippen molar-refractivity contribution in [3.8, 4) is 0 Å². The van der Waals surface area contributed by atoms with Crippen LogP contribution in [0.25, 0.3) is 0 Å². The van der Waals surface area contributed by atoms with E-state index in [9.17, 15) is 19.2 Å². The van der Waals surface area contributed by atoms with E-state index in [1.807, 2.05) is 0 Å². The number of urea groups is 1. The molecule has 2 heterocycles. The predicted octanol–water partition coefficient (Wildman–Crippen LogP) is -1.39. The molecule has 98 valence electrons. The summed E-state index contributed by atoms with van der Waals surface area (Å²) in [6, 6.07) is -2.07. The summed E-state index contributed by atoms with van der Waals surface area (Å²) < 4.78 is 0. The third-order valence-corrected chi connectivity index (χ3v) is 3.21. The number of carbonyl (C=O) groups excluding carboxylic acids is 3. The molecule has 8 heteroatoms. The van der Waals surface area contributed by atoms with Crippen molar-refractivity contribution in [3.63, 3.8) is 0 Å². The minimum absolute atomic E-state index is 0.0749. The van der Waals surface area contributed by atoms with Gasteiger partial charge in [0.1, 0.15) is 6.04 Å². The molecule has 2 aliphatic rings. The lowest BCUT2D eigenvalue weighted by atomic mass is 10.1. The molecule has 2 aliphatic heterocycles. The van der Waals surface area contributed by atoms with Crippen LogP contribution >= 0.6 is 0 Å². The van der Waals surface area contributed by atoms with E-state index in [2.05, 4.69) is 5.32 Å². The molecule has 0 unspecified atom stereocenters. The fraction of sp³-hybridized carbons (Fsp3) is 0.600. The average Bonchev–Trinajstić information content (AvgIpc) is 2.83. The van der Waals surface area contributed by atoms with Crippen LogP contribution in [0.4, 0.5) is 4.79 Å². The number of aliphatic carboxylic acids is 1. The molecule has 2 N–H and O–H groups in total. The molecule has 0 aromatic heterocycles. The highest BCUT2D eigenvalue weighted by Crippen LogP contribution is 2.24. The number of carboxylic acid groups (broad SMARTS) is 1. The minimum Gasteiger partial charge on any atom is -0.480 e. The van der Waals surface area contributed by atoms with E-state index >= 15 is 0 Å². The van der Waals surface area contributed by atoms with Gasteiger partial charge in [0.2, 0.25) is 11.8 Å². The maximum absolute atomic E-state index is 11.5. The molecule has 0 aliphatic carbocycles. The number of hydrogen-bond donors (Lipinski definition) is 2. The van der Waals surface area contributed by atoms with Crippen LogP contribution in [-0.2, 0) is 14.4 Å². The maximum atomic E-state index is 11.5. The maximum Gasteiger partial charge on any atom is 0.326 e. The van der Waals surface area contributed by atoms with Crippen molar-refractivity contribution >= 4 is 23.8 Å². The highest BCUT2D eigenvalue weighted by Gasteiger charge is 2.45. The first-order valence-electron chi connectivity index (χ1n) is 5.51. The van der Waals surface area contributed by atoms with E-state index in [1.54, 1.807) is 0 Å². The van der Waals surface area contributed by atoms with Crippen LogP contribution in [0.5, 0.6) is 0 Å². The van der Waals surface area contributed by atoms with Crippen molar-refractivity contribution in [3.05, 3.63) is 0 Å². The number of nitrogens with one attached hydrogen (secondary N) is 1. The summed E-state index contributed by atoms with van der Waals surface area (Å²) in [5.41, 5.74) is 0. The predicted molar refractivity (Wildman–Crippen MR) is 57.5 cm³/mol. The smallest absolute Gasteiger partial charge is 0.326 e. The summed E-state index contributed by atoms with van der Waals surface area (Å²) in [6.45, 7) is 1.27. The number of carboxylic acids is 1. The van der Waals surface area contributed by atoms with E-state index in [4.69, 9.17) is 5.11 Å². The van der Waals surface area contributed by atoms with Crippen molar-refractivity contribution in [2.75, 3.05) is 13.1 Å². The Bertz CT molecular complexity index is 397. The number of carbonyl (C=O) groups is 4. The summed E-state index contributed by atoms with van der Waals surface area (Å²) >= 11 is 0. The molecular weight excluding hydrogens is 242 g/mol. The van der Waals surface area contributed by atoms with Crippen LogP contribution < -0.4 is 5.32 Å². The van der Waals surface area contributed by atoms with E-state index in [-0.39, 0.29) is 31.3 Å². The van der Waals surface area contributed by atoms with Gasteiger partial charge in [-0.1, -0.05) is 0 Å². The SMILES string of the molecule is CC(=O)N1C[C@@H](N2C(=O)CNC2=O)C[C@H]1C(=O)O. The lowest BCUT2D eigenvalue weighted by molar-refractivity contribution is -0.147. The first-order chi connectivity index (χ1) is 8.41. The van der Waals surface area contributed by atoms with Gasteiger partial charge in [0, 0.05) is 19.9 Å². The number of likely N-dealkylation sites (tertiary alicyclic amines) is 1. The van der Waals surface area contributed by atoms with Gasteiger partial charge in [-0.15, -0.1) is 0 Å². The van der Waals surface area contributed by atoms with E-state index in [1.165, 1.54) is 11.8 Å². The van der Waals surface area contributed by atoms with Crippen molar-refractivity contribution in [1.82, 2.24) is 15.1 Å². The highest BCUT2D eigenvalue weighted by molar-refractivity contribution is 6.02. The molecule has 0 saturated carbocycles. The van der Waals surface area contributed by atoms with Gasteiger partial charge in [0.05, 0.1) is 12.6 Å². The van der Waals surface area contributed by atoms with Crippen LogP contribution in [0, 0.1) is 0 Å². The summed E-state index contributed by atoms with van der Waals surface area (Å²) in [7, 11) is 0. The zero-order valence-electron chi connectivity index (χ0n) is 9.75. The normalized spacial score (nSPS) is 27.6. The Hall–Kier alpha value is -2.12. The molecule has 0 bridgehead atoms. The van der Waals surface area contributed by atoms with E-state index < -0.39 is 24.1 Å². The second-order valence-electron chi connectivity index (χ2n) is 4.34. The molecule has 8 nitrogen and oxygen atoms in total. The second-order valence-corrected chi connectivity index (χ2v) is 4.34. The number of hydrogen-bond acceptors (Lipinski definition) is 4. The zero-order valence-corrected chi connectivity index (χ0v) is 9.75. The van der Waals surface area contributed by atoms with Gasteiger partial charge in [-0.3, -0.25) is 14.5 Å². The number of rotatable bonds is 2. The molecular formula is C10H13N3O5. The van der Waals surface area contributed by atoms with E-state index in [0.29, 0.717) is 0 Å². The van der Waals surface area contributed by atoms with Gasteiger partial charge in [0.25, 0.3) is 0 Å². The standard InChI is InChI=1S/C10H13N3O5/c1-5(14)12-4-6(2-7(12)9(16)17)13-8(15)3-11-10(13)18/h6-7H,2-4H2,1H3,(H,11,18)(H,16,17)/t6-,7-/m0/s1. The Morgan fingerprint density at radius 1 is 1.39 bits per heavy atom. The Kier molecular flexibility index (Phi) is 2.93. The van der Waals surface area contributed by atoms with Crippen LogP contribution in [0.1, 0.15) is 13.3 Å². The Labute approximate surface area is 103 Å². The molecule has 0 aromatic rings. The molecule has 0 radical (unpaired) electrons. The van der Waals surface area contributed by atoms with Gasteiger partial charge in [-0.2, -0.15) is 0 Å². The summed E-state index contributed by atoms with van der Waals surface area (Å²) in [5.74, 6) is -1.89. The third kappa shape index (κ3) is 1.89. The van der Waals surface area contributed by atoms with Gasteiger partial charge in [-0.05, 0) is 0 Å². The van der Waals surface area contributed by atoms with Crippen molar-refractivity contribution in [1.29, 1.82) is 0 Å². The van der Waals surface area contributed by atoms with Crippen molar-refractivity contribution < 1.29 is 24.3 Å². The fourth-order valence-electron chi connectivity index (χ4n) is 2.39. The van der Waals surface area contributed by atoms with Crippen molar-refractivity contribution in [2.24, 2.45) is 0 Å². The summed E-state index contributed by atoms with van der Waals surface area (Å²) in [6.07, 6.45) is 0.0775. The monoisotopic (exact) mass is 255 g/mol. The van der Waals surface area contributed by atoms with Crippen LogP contribution in [0.3, 0.4) is 0 Å². The lowest BCUT2D eigenvalue weighted by Gasteiger charge is -2.21. The molecule has 18 heavy (non-hydrogen) atoms. The first kappa shape index (κ1) is 12.3. The van der Waals surface area contributed by atoms with E-state index in [0.717, 1.165) is 4.90 Å². The third-order valence-electron chi connectivity index (χ3n) is 3.21. The molecule has 4 amide bonds. The molecule has 2 saturated heterocycles. The molecule has 0 spiro atoms. The van der Waals surface area contributed by atoms with Crippen LogP contribution in [-0.4, -0.2) is 63.9 Å². The Morgan fingerprint density at radius 3 is 2.44 bits per heavy atom. The van der Waals surface area contributed by atoms with Gasteiger partial charge in [-0.25, -0.2) is 9.59 Å². The van der Waals surface area contributed by atoms with Gasteiger partial charge < -0.3 is 15.3 Å². The molecule has 2 fully saturated rings. The van der Waals surface area contributed by atoms with Crippen LogP contribution in [0.2, 0.25) is 0 Å². The molecule has 0 aromatic carbocycles. The molecule has 2 rings (SSSR count). The fourth-order valence-corrected chi connectivity index (χ4v) is 2.39. The molecule has 2 atom stereocenters.